The third kappa shape index (κ3) is 10.7. The van der Waals surface area contributed by atoms with Crippen LogP contribution in [-0.2, 0) is 9.68 Å². The third-order valence-electron chi connectivity index (χ3n) is 7.81. The fraction of sp³-hybridized carbons (Fsp3) is 0.257. The molecule has 2 amide bonds. The SMILES string of the molecule is Cc1cc(I)ccc1Nc1c(C(=O)NOCC2CC2)cc(Cl)c(F)c1F.O=C(NOCC1CC1)c1cc(Br)c(F)c(F)c1Nc1ccc(I)cc1F. The number of rotatable bonds is 12. The smallest absolute Gasteiger partial charge is 0.277 e. The molecular weight excluding hydrogens is 1000 g/mol. The molecule has 0 aliphatic heterocycles. The van der Waals surface area contributed by atoms with Crippen molar-refractivity contribution in [3.8, 4) is 0 Å². The number of amides is 2. The number of nitrogens with one attached hydrogen (secondary N) is 4. The van der Waals surface area contributed by atoms with E-state index >= 15 is 0 Å². The van der Waals surface area contributed by atoms with E-state index in [0.717, 1.165) is 46.9 Å². The van der Waals surface area contributed by atoms with E-state index in [1.807, 2.05) is 41.6 Å². The van der Waals surface area contributed by atoms with Crippen LogP contribution in [0.4, 0.5) is 44.7 Å². The van der Waals surface area contributed by atoms with Crippen molar-refractivity contribution in [2.75, 3.05) is 23.8 Å². The first-order valence-corrected chi connectivity index (χ1v) is 19.0. The van der Waals surface area contributed by atoms with Crippen LogP contribution in [0.5, 0.6) is 0 Å². The molecule has 0 saturated heterocycles. The van der Waals surface area contributed by atoms with E-state index in [1.165, 1.54) is 12.1 Å². The highest BCUT2D eigenvalue weighted by molar-refractivity contribution is 14.1. The van der Waals surface area contributed by atoms with E-state index < -0.39 is 51.6 Å². The van der Waals surface area contributed by atoms with Crippen LogP contribution < -0.4 is 21.6 Å². The van der Waals surface area contributed by atoms with Gasteiger partial charge in [-0.1, -0.05) is 11.6 Å². The lowest BCUT2D eigenvalue weighted by atomic mass is 10.1. The average Bonchev–Trinajstić information content (AvgIpc) is 4.04. The van der Waals surface area contributed by atoms with Crippen LogP contribution in [0.25, 0.3) is 0 Å². The number of hydroxylamine groups is 2. The second kappa shape index (κ2) is 18.0. The lowest BCUT2D eigenvalue weighted by Gasteiger charge is -2.16. The van der Waals surface area contributed by atoms with Crippen LogP contribution in [0, 0.1) is 55.0 Å². The summed E-state index contributed by atoms with van der Waals surface area (Å²) in [7, 11) is 0. The molecule has 2 aliphatic carbocycles. The highest BCUT2D eigenvalue weighted by Crippen LogP contribution is 2.35. The summed E-state index contributed by atoms with van der Waals surface area (Å²) in [5, 5.41) is 4.80. The number of benzene rings is 4. The maximum atomic E-state index is 14.5. The van der Waals surface area contributed by atoms with Gasteiger partial charge in [-0.05, 0) is 160 Å². The maximum Gasteiger partial charge on any atom is 0.277 e. The van der Waals surface area contributed by atoms with Gasteiger partial charge in [0.1, 0.15) is 5.82 Å². The molecule has 0 bridgehead atoms. The minimum absolute atomic E-state index is 0.0843. The van der Waals surface area contributed by atoms with E-state index in [4.69, 9.17) is 21.3 Å². The molecule has 8 nitrogen and oxygen atoms in total. The Bertz CT molecular complexity index is 1870. The molecule has 0 atom stereocenters. The molecule has 0 heterocycles. The van der Waals surface area contributed by atoms with Crippen LogP contribution in [0.3, 0.4) is 0 Å². The second-order valence-electron chi connectivity index (χ2n) is 12.0. The molecule has 4 N–H and O–H groups in total. The highest BCUT2D eigenvalue weighted by Gasteiger charge is 2.27. The van der Waals surface area contributed by atoms with E-state index in [1.54, 1.807) is 12.1 Å². The monoisotopic (exact) mass is 1030 g/mol. The molecule has 4 aromatic rings. The topological polar surface area (TPSA) is 101 Å². The molecule has 4 aromatic carbocycles. The fourth-order valence-electron chi connectivity index (χ4n) is 4.55. The van der Waals surface area contributed by atoms with Gasteiger partial charge in [-0.15, -0.1) is 0 Å². The molecule has 17 heteroatoms. The van der Waals surface area contributed by atoms with Gasteiger partial charge in [0.2, 0.25) is 0 Å². The lowest BCUT2D eigenvalue weighted by Crippen LogP contribution is -2.26. The number of halogens is 9. The summed E-state index contributed by atoms with van der Waals surface area (Å²) >= 11 is 12.7. The largest absolute Gasteiger partial charge is 0.352 e. The molecule has 2 aliphatic rings. The van der Waals surface area contributed by atoms with Crippen LogP contribution in [0.15, 0.2) is 53.0 Å². The van der Waals surface area contributed by atoms with E-state index in [9.17, 15) is 31.5 Å². The maximum absolute atomic E-state index is 14.5. The zero-order chi connectivity index (χ0) is 37.7. The number of hydrogen-bond acceptors (Lipinski definition) is 6. The van der Waals surface area contributed by atoms with E-state index in [2.05, 4.69) is 60.1 Å². The Kier molecular flexibility index (Phi) is 14.0. The van der Waals surface area contributed by atoms with Crippen molar-refractivity contribution < 1.29 is 41.2 Å². The Morgan fingerprint density at radius 1 is 0.731 bits per heavy atom. The van der Waals surface area contributed by atoms with E-state index in [0.29, 0.717) is 34.3 Å². The first-order chi connectivity index (χ1) is 24.7. The third-order valence-corrected chi connectivity index (χ3v) is 10.0. The molecule has 2 fully saturated rings. The number of carbonyl (C=O) groups is 2. The van der Waals surface area contributed by atoms with Crippen molar-refractivity contribution in [1.29, 1.82) is 0 Å². The van der Waals surface area contributed by atoms with Crippen LogP contribution in [-0.4, -0.2) is 25.0 Å². The summed E-state index contributed by atoms with van der Waals surface area (Å²) in [5.74, 6) is -6.19. The van der Waals surface area contributed by atoms with Gasteiger partial charge in [-0.3, -0.25) is 19.3 Å². The summed E-state index contributed by atoms with van der Waals surface area (Å²) in [6, 6.07) is 11.8. The molecular formula is C35H29BrClF5I2N4O4. The molecule has 52 heavy (non-hydrogen) atoms. The Labute approximate surface area is 336 Å². The van der Waals surface area contributed by atoms with Gasteiger partial charge in [-0.2, -0.15) is 0 Å². The van der Waals surface area contributed by atoms with Gasteiger partial charge in [0.15, 0.2) is 23.3 Å². The first-order valence-electron chi connectivity index (χ1n) is 15.7. The van der Waals surface area contributed by atoms with Gasteiger partial charge in [0, 0.05) is 12.8 Å². The van der Waals surface area contributed by atoms with Crippen molar-refractivity contribution in [3.63, 3.8) is 0 Å². The first kappa shape index (κ1) is 40.4. The molecule has 0 aromatic heterocycles. The minimum Gasteiger partial charge on any atom is -0.352 e. The molecule has 0 radical (unpaired) electrons. The van der Waals surface area contributed by atoms with Gasteiger partial charge in [-0.25, -0.2) is 32.9 Å². The lowest BCUT2D eigenvalue weighted by molar-refractivity contribution is 0.0268. The molecule has 0 unspecified atom stereocenters. The minimum atomic E-state index is -1.30. The standard InChI is InChI=1S/C18H16ClF2IN2O2.C17H13BrF3IN2O2/c1-9-6-11(22)4-5-14(9)23-17-12(7-13(19)15(20)16(17)21)18(25)24-26-8-10-2-3-10;18-11-6-10(17(25)24-26-7-8-1-2-8)16(15(21)14(11)20)23-13-4-3-9(22)5-12(13)19/h4-7,10,23H,2-3,8H2,1H3,(H,24,25);3-6,8,23H,1-2,7H2,(H,24,25). The van der Waals surface area contributed by atoms with Crippen molar-refractivity contribution in [1.82, 2.24) is 11.0 Å². The summed E-state index contributed by atoms with van der Waals surface area (Å²) < 4.78 is 72.3. The number of anilines is 4. The Morgan fingerprint density at radius 2 is 1.21 bits per heavy atom. The summed E-state index contributed by atoms with van der Waals surface area (Å²) in [6.07, 6.45) is 4.19. The predicted octanol–water partition coefficient (Wildman–Crippen LogP) is 10.6. The van der Waals surface area contributed by atoms with E-state index in [-0.39, 0.29) is 27.0 Å². The highest BCUT2D eigenvalue weighted by atomic mass is 127. The van der Waals surface area contributed by atoms with Crippen LogP contribution in [0.1, 0.15) is 52.0 Å². The molecule has 6 rings (SSSR count). The van der Waals surface area contributed by atoms with Crippen molar-refractivity contribution in [3.05, 3.63) is 111 Å². The molecule has 276 valence electrons. The van der Waals surface area contributed by atoms with Gasteiger partial charge >= 0.3 is 0 Å². The summed E-state index contributed by atoms with van der Waals surface area (Å²) in [4.78, 5) is 35.0. The van der Waals surface area contributed by atoms with Crippen LogP contribution in [0.2, 0.25) is 5.02 Å². The van der Waals surface area contributed by atoms with Crippen molar-refractivity contribution in [2.24, 2.45) is 11.8 Å². The van der Waals surface area contributed by atoms with Gasteiger partial charge in [0.05, 0.1) is 50.9 Å². The van der Waals surface area contributed by atoms with Crippen LogP contribution >= 0.6 is 72.7 Å². The second-order valence-corrected chi connectivity index (χ2v) is 15.8. The van der Waals surface area contributed by atoms with Crippen molar-refractivity contribution in [2.45, 2.75) is 32.6 Å². The fourth-order valence-corrected chi connectivity index (χ4v) is 6.24. The van der Waals surface area contributed by atoms with Gasteiger partial charge < -0.3 is 10.6 Å². The average molecular weight is 1030 g/mol. The zero-order valence-electron chi connectivity index (χ0n) is 27.1. The number of carbonyl (C=O) groups excluding carboxylic acids is 2. The number of hydrogen-bond donors (Lipinski definition) is 4. The van der Waals surface area contributed by atoms with Crippen molar-refractivity contribution >= 4 is 107 Å². The normalized spacial score (nSPS) is 13.6. The molecule has 2 saturated carbocycles. The Hall–Kier alpha value is -2.78. The predicted molar refractivity (Wildman–Crippen MR) is 207 cm³/mol. The number of aryl methyl sites for hydroxylation is 1. The molecule has 0 spiro atoms. The summed E-state index contributed by atoms with van der Waals surface area (Å²) in [5.41, 5.74) is 4.65. The zero-order valence-corrected chi connectivity index (χ0v) is 33.7. The quantitative estimate of drug-likeness (QED) is 0.0488. The Balaban J connectivity index is 0.000000201. The summed E-state index contributed by atoms with van der Waals surface area (Å²) in [6.45, 7) is 2.57. The van der Waals surface area contributed by atoms with Gasteiger partial charge in [0.25, 0.3) is 11.8 Å². The Morgan fingerprint density at radius 3 is 1.73 bits per heavy atom.